The van der Waals surface area contributed by atoms with Crippen molar-refractivity contribution in [2.24, 2.45) is 5.92 Å². The number of aromatic nitrogens is 2. The molecule has 7 heteroatoms. The van der Waals surface area contributed by atoms with Crippen molar-refractivity contribution in [1.29, 1.82) is 0 Å². The van der Waals surface area contributed by atoms with E-state index in [1.807, 2.05) is 17.0 Å². The minimum Gasteiger partial charge on any atom is -0.481 e. The van der Waals surface area contributed by atoms with Crippen molar-refractivity contribution in [2.45, 2.75) is 13.0 Å². The Hall–Kier alpha value is -1.92. The maximum absolute atomic E-state index is 10.9. The van der Waals surface area contributed by atoms with Crippen molar-refractivity contribution in [1.82, 2.24) is 15.0 Å². The fourth-order valence-corrected chi connectivity index (χ4v) is 2.62. The molecule has 0 saturated carbocycles. The van der Waals surface area contributed by atoms with Crippen molar-refractivity contribution < 1.29 is 14.4 Å². The third kappa shape index (κ3) is 3.22. The molecule has 21 heavy (non-hydrogen) atoms. The van der Waals surface area contributed by atoms with E-state index < -0.39 is 5.97 Å². The number of carboxylic acids is 1. The van der Waals surface area contributed by atoms with Crippen LogP contribution in [0.15, 0.2) is 28.8 Å². The van der Waals surface area contributed by atoms with E-state index in [1.165, 1.54) is 0 Å². The van der Waals surface area contributed by atoms with Crippen molar-refractivity contribution >= 4 is 17.6 Å². The monoisotopic (exact) mass is 307 g/mol. The van der Waals surface area contributed by atoms with E-state index in [2.05, 4.69) is 10.1 Å². The number of halogens is 1. The van der Waals surface area contributed by atoms with Gasteiger partial charge in [0.2, 0.25) is 11.7 Å². The van der Waals surface area contributed by atoms with Crippen LogP contribution in [0.3, 0.4) is 0 Å². The van der Waals surface area contributed by atoms with Crippen molar-refractivity contribution in [3.8, 4) is 11.4 Å². The SMILES string of the molecule is O=C(O)C1CCN(Cc2nc(-c3cccc(Cl)c3)no2)C1. The molecule has 0 radical (unpaired) electrons. The summed E-state index contributed by atoms with van der Waals surface area (Å²) in [5, 5.41) is 13.5. The first kappa shape index (κ1) is 14.0. The van der Waals surface area contributed by atoms with Crippen molar-refractivity contribution in [2.75, 3.05) is 13.1 Å². The van der Waals surface area contributed by atoms with Crippen LogP contribution >= 0.6 is 11.6 Å². The van der Waals surface area contributed by atoms with Gasteiger partial charge >= 0.3 is 5.97 Å². The smallest absolute Gasteiger partial charge is 0.307 e. The van der Waals surface area contributed by atoms with Crippen LogP contribution in [0, 0.1) is 5.92 Å². The van der Waals surface area contributed by atoms with Gasteiger partial charge in [-0.25, -0.2) is 0 Å². The topological polar surface area (TPSA) is 79.5 Å². The second kappa shape index (κ2) is 5.83. The van der Waals surface area contributed by atoms with Crippen LogP contribution in [0.2, 0.25) is 5.02 Å². The zero-order valence-corrected chi connectivity index (χ0v) is 12.0. The van der Waals surface area contributed by atoms with Gasteiger partial charge < -0.3 is 9.63 Å². The first-order chi connectivity index (χ1) is 10.1. The molecule has 2 aromatic rings. The summed E-state index contributed by atoms with van der Waals surface area (Å²) in [4.78, 5) is 17.3. The summed E-state index contributed by atoms with van der Waals surface area (Å²) in [5.74, 6) is -0.0829. The Balaban J connectivity index is 1.67. The quantitative estimate of drug-likeness (QED) is 0.933. The van der Waals surface area contributed by atoms with Gasteiger partial charge in [0, 0.05) is 17.1 Å². The standard InChI is InChI=1S/C14H14ClN3O3/c15-11-3-1-2-9(6-11)13-16-12(21-17-13)8-18-5-4-10(7-18)14(19)20/h1-3,6,10H,4-5,7-8H2,(H,19,20). The zero-order chi connectivity index (χ0) is 14.8. The number of hydrogen-bond donors (Lipinski definition) is 1. The van der Waals surface area contributed by atoms with Gasteiger partial charge in [0.1, 0.15) is 0 Å². The third-order valence-electron chi connectivity index (χ3n) is 3.53. The first-order valence-corrected chi connectivity index (χ1v) is 7.03. The number of likely N-dealkylation sites (tertiary alicyclic amines) is 1. The van der Waals surface area contributed by atoms with E-state index in [4.69, 9.17) is 21.2 Å². The van der Waals surface area contributed by atoms with Crippen LogP contribution < -0.4 is 0 Å². The highest BCUT2D eigenvalue weighted by Crippen LogP contribution is 2.22. The molecule has 1 N–H and O–H groups in total. The van der Waals surface area contributed by atoms with E-state index in [0.717, 1.165) is 12.1 Å². The minimum absolute atomic E-state index is 0.305. The number of aliphatic carboxylic acids is 1. The summed E-state index contributed by atoms with van der Waals surface area (Å²) in [6, 6.07) is 7.23. The van der Waals surface area contributed by atoms with Gasteiger partial charge in [-0.2, -0.15) is 4.98 Å². The lowest BCUT2D eigenvalue weighted by molar-refractivity contribution is -0.141. The summed E-state index contributed by atoms with van der Waals surface area (Å²) < 4.78 is 5.22. The maximum atomic E-state index is 10.9. The lowest BCUT2D eigenvalue weighted by atomic mass is 10.1. The van der Waals surface area contributed by atoms with Gasteiger partial charge in [-0.3, -0.25) is 9.69 Å². The minimum atomic E-state index is -0.748. The van der Waals surface area contributed by atoms with Crippen LogP contribution in [0.5, 0.6) is 0 Å². The van der Waals surface area contributed by atoms with Crippen LogP contribution in [-0.2, 0) is 11.3 Å². The Kier molecular flexibility index (Phi) is 3.90. The number of nitrogens with zero attached hydrogens (tertiary/aromatic N) is 3. The average molecular weight is 308 g/mol. The van der Waals surface area contributed by atoms with Gasteiger partial charge in [-0.05, 0) is 25.1 Å². The second-order valence-electron chi connectivity index (χ2n) is 5.08. The van der Waals surface area contributed by atoms with E-state index in [9.17, 15) is 4.79 Å². The van der Waals surface area contributed by atoms with Crippen LogP contribution in [0.25, 0.3) is 11.4 Å². The Labute approximate surface area is 126 Å². The second-order valence-corrected chi connectivity index (χ2v) is 5.52. The fourth-order valence-electron chi connectivity index (χ4n) is 2.43. The van der Waals surface area contributed by atoms with E-state index in [-0.39, 0.29) is 5.92 Å². The lowest BCUT2D eigenvalue weighted by Gasteiger charge is -2.11. The Morgan fingerprint density at radius 2 is 2.38 bits per heavy atom. The van der Waals surface area contributed by atoms with E-state index >= 15 is 0 Å². The number of benzene rings is 1. The van der Waals surface area contributed by atoms with Crippen LogP contribution in [0.1, 0.15) is 12.3 Å². The molecule has 0 amide bonds. The molecule has 1 atom stereocenters. The molecule has 1 saturated heterocycles. The zero-order valence-electron chi connectivity index (χ0n) is 11.2. The number of carbonyl (C=O) groups is 1. The van der Waals surface area contributed by atoms with Gasteiger partial charge in [0.05, 0.1) is 12.5 Å². The number of hydrogen-bond acceptors (Lipinski definition) is 5. The molecule has 1 fully saturated rings. The molecule has 0 bridgehead atoms. The Morgan fingerprint density at radius 3 is 3.10 bits per heavy atom. The molecule has 1 unspecified atom stereocenters. The fraction of sp³-hybridized carbons (Fsp3) is 0.357. The summed E-state index contributed by atoms with van der Waals surface area (Å²) in [5.41, 5.74) is 0.794. The largest absolute Gasteiger partial charge is 0.481 e. The molecule has 110 valence electrons. The highest BCUT2D eigenvalue weighted by Gasteiger charge is 2.28. The van der Waals surface area contributed by atoms with Crippen molar-refractivity contribution in [3.05, 3.63) is 35.2 Å². The normalized spacial score (nSPS) is 19.0. The highest BCUT2D eigenvalue weighted by atomic mass is 35.5. The van der Waals surface area contributed by atoms with Gasteiger partial charge in [0.25, 0.3) is 0 Å². The van der Waals surface area contributed by atoms with Gasteiger partial charge in [-0.15, -0.1) is 0 Å². The summed E-state index contributed by atoms with van der Waals surface area (Å²) >= 11 is 5.93. The molecule has 2 heterocycles. The molecule has 6 nitrogen and oxygen atoms in total. The summed E-state index contributed by atoms with van der Waals surface area (Å²) in [6.07, 6.45) is 0.657. The maximum Gasteiger partial charge on any atom is 0.307 e. The summed E-state index contributed by atoms with van der Waals surface area (Å²) in [6.45, 7) is 1.72. The van der Waals surface area contributed by atoms with Crippen LogP contribution in [-0.4, -0.2) is 39.2 Å². The number of carboxylic acid groups (broad SMARTS) is 1. The predicted molar refractivity (Wildman–Crippen MR) is 75.8 cm³/mol. The molecule has 0 aliphatic carbocycles. The lowest BCUT2D eigenvalue weighted by Crippen LogP contribution is -2.22. The van der Waals surface area contributed by atoms with Crippen molar-refractivity contribution in [3.63, 3.8) is 0 Å². The third-order valence-corrected chi connectivity index (χ3v) is 3.77. The number of rotatable bonds is 4. The Morgan fingerprint density at radius 1 is 1.52 bits per heavy atom. The molecule has 1 aliphatic heterocycles. The molecule has 3 rings (SSSR count). The van der Waals surface area contributed by atoms with Crippen LogP contribution in [0.4, 0.5) is 0 Å². The van der Waals surface area contributed by atoms with E-state index in [1.54, 1.807) is 12.1 Å². The van der Waals surface area contributed by atoms with E-state index in [0.29, 0.717) is 36.2 Å². The molecule has 1 aromatic carbocycles. The molecular formula is C14H14ClN3O3. The molecule has 1 aromatic heterocycles. The Bertz CT molecular complexity index is 658. The van der Waals surface area contributed by atoms with Gasteiger partial charge in [-0.1, -0.05) is 28.9 Å². The summed E-state index contributed by atoms with van der Waals surface area (Å²) in [7, 11) is 0. The molecular weight excluding hydrogens is 294 g/mol. The molecule has 1 aliphatic rings. The van der Waals surface area contributed by atoms with Gasteiger partial charge in [0.15, 0.2) is 0 Å². The average Bonchev–Trinajstić information content (AvgIpc) is 3.08. The highest BCUT2D eigenvalue weighted by molar-refractivity contribution is 6.30. The predicted octanol–water partition coefficient (Wildman–Crippen LogP) is 2.30. The molecule has 0 spiro atoms. The first-order valence-electron chi connectivity index (χ1n) is 6.65.